The van der Waals surface area contributed by atoms with E-state index in [4.69, 9.17) is 0 Å². The number of aryl methyl sites for hydroxylation is 1. The van der Waals surface area contributed by atoms with E-state index in [2.05, 4.69) is 35.7 Å². The smallest absolute Gasteiger partial charge is 0.177 e. The predicted molar refractivity (Wildman–Crippen MR) is 81.7 cm³/mol. The number of nitrogens with zero attached hydrogens (tertiary/aromatic N) is 7. The van der Waals surface area contributed by atoms with Crippen LogP contribution in [0.1, 0.15) is 5.69 Å². The quantitative estimate of drug-likeness (QED) is 0.761. The molecule has 1 aliphatic rings. The van der Waals surface area contributed by atoms with Crippen molar-refractivity contribution in [2.75, 3.05) is 29.9 Å². The Hall–Kier alpha value is -2.77. The molecule has 1 N–H and O–H groups in total. The normalized spacial score (nSPS) is 15.0. The molecule has 1 fully saturated rings. The molecule has 0 amide bonds. The summed E-state index contributed by atoms with van der Waals surface area (Å²) < 4.78 is 1.70. The van der Waals surface area contributed by atoms with E-state index in [1.165, 1.54) is 0 Å². The number of rotatable bonds is 4. The fourth-order valence-electron chi connectivity index (χ4n) is 2.52. The van der Waals surface area contributed by atoms with Gasteiger partial charge in [0.25, 0.3) is 0 Å². The molecule has 0 saturated carbocycles. The van der Waals surface area contributed by atoms with Crippen LogP contribution in [-0.2, 0) is 0 Å². The Balaban J connectivity index is 1.32. The van der Waals surface area contributed by atoms with Gasteiger partial charge in [0.1, 0.15) is 18.0 Å². The molecule has 0 bridgehead atoms. The average molecular weight is 296 g/mol. The number of aromatic nitrogens is 6. The van der Waals surface area contributed by atoms with Gasteiger partial charge < -0.3 is 10.2 Å². The fraction of sp³-hybridized carbons (Fsp3) is 0.357. The summed E-state index contributed by atoms with van der Waals surface area (Å²) in [6.45, 7) is 4.78. The van der Waals surface area contributed by atoms with Gasteiger partial charge in [-0.05, 0) is 31.2 Å². The van der Waals surface area contributed by atoms with Gasteiger partial charge in [-0.15, -0.1) is 20.4 Å². The minimum atomic E-state index is 0.585. The lowest BCUT2D eigenvalue weighted by Gasteiger charge is -2.40. The number of fused-ring (bicyclic) bond motifs is 1. The molecular weight excluding hydrogens is 280 g/mol. The highest BCUT2D eigenvalue weighted by molar-refractivity contribution is 5.47. The molecular formula is C14H16N8. The van der Waals surface area contributed by atoms with Crippen LogP contribution < -0.4 is 10.2 Å². The second-order valence-electron chi connectivity index (χ2n) is 5.54. The van der Waals surface area contributed by atoms with Crippen LogP contribution in [0, 0.1) is 12.8 Å². The van der Waals surface area contributed by atoms with Crippen molar-refractivity contribution in [3.05, 3.63) is 36.3 Å². The molecule has 8 heteroatoms. The Kier molecular flexibility index (Phi) is 3.06. The molecule has 1 saturated heterocycles. The van der Waals surface area contributed by atoms with E-state index in [0.29, 0.717) is 5.92 Å². The van der Waals surface area contributed by atoms with E-state index < -0.39 is 0 Å². The number of hydrogen-bond donors (Lipinski definition) is 1. The topological polar surface area (TPSA) is 84.1 Å². The van der Waals surface area contributed by atoms with Crippen molar-refractivity contribution in [3.63, 3.8) is 0 Å². The zero-order valence-corrected chi connectivity index (χ0v) is 12.2. The van der Waals surface area contributed by atoms with Crippen molar-refractivity contribution in [3.8, 4) is 0 Å². The monoisotopic (exact) mass is 296 g/mol. The third kappa shape index (κ3) is 2.43. The van der Waals surface area contributed by atoms with Crippen molar-refractivity contribution in [1.82, 2.24) is 30.0 Å². The van der Waals surface area contributed by atoms with Gasteiger partial charge in [-0.3, -0.25) is 0 Å². The van der Waals surface area contributed by atoms with Gasteiger partial charge in [0.05, 0.1) is 5.69 Å². The van der Waals surface area contributed by atoms with Crippen LogP contribution in [0.15, 0.2) is 30.6 Å². The van der Waals surface area contributed by atoms with Gasteiger partial charge in [0.15, 0.2) is 5.65 Å². The van der Waals surface area contributed by atoms with Gasteiger partial charge in [0, 0.05) is 25.6 Å². The lowest BCUT2D eigenvalue weighted by molar-refractivity contribution is 0.424. The summed E-state index contributed by atoms with van der Waals surface area (Å²) in [7, 11) is 0. The molecule has 1 aliphatic heterocycles. The highest BCUT2D eigenvalue weighted by atomic mass is 15.4. The first kappa shape index (κ1) is 12.9. The van der Waals surface area contributed by atoms with E-state index in [-0.39, 0.29) is 0 Å². The molecule has 22 heavy (non-hydrogen) atoms. The van der Waals surface area contributed by atoms with Crippen LogP contribution in [0.3, 0.4) is 0 Å². The third-order valence-corrected chi connectivity index (χ3v) is 3.80. The first-order chi connectivity index (χ1) is 10.8. The molecule has 3 aromatic heterocycles. The standard InChI is InChI=1S/C14H16N8/c1-10-2-3-12(18-17-10)15-6-11-7-21(8-11)14-5-4-13-19-16-9-22(13)20-14/h2-5,9,11H,6-8H2,1H3,(H,15,18). The summed E-state index contributed by atoms with van der Waals surface area (Å²) in [4.78, 5) is 2.24. The Labute approximate surface area is 127 Å². The van der Waals surface area contributed by atoms with Gasteiger partial charge in [-0.2, -0.15) is 9.61 Å². The van der Waals surface area contributed by atoms with Gasteiger partial charge in [0.2, 0.25) is 0 Å². The number of anilines is 2. The van der Waals surface area contributed by atoms with Crippen LogP contribution in [0.2, 0.25) is 0 Å². The maximum Gasteiger partial charge on any atom is 0.177 e. The van der Waals surface area contributed by atoms with Crippen molar-refractivity contribution in [2.45, 2.75) is 6.92 Å². The first-order valence-electron chi connectivity index (χ1n) is 7.24. The Bertz CT molecular complexity index is 775. The lowest BCUT2D eigenvalue weighted by atomic mass is 10.0. The fourth-order valence-corrected chi connectivity index (χ4v) is 2.52. The summed E-state index contributed by atoms with van der Waals surface area (Å²) in [5.41, 5.74) is 1.69. The van der Waals surface area contributed by atoms with Crippen LogP contribution in [0.5, 0.6) is 0 Å². The maximum atomic E-state index is 4.49. The van der Waals surface area contributed by atoms with Crippen LogP contribution in [0.25, 0.3) is 5.65 Å². The summed E-state index contributed by atoms with van der Waals surface area (Å²) in [5.74, 6) is 2.37. The molecule has 8 nitrogen and oxygen atoms in total. The Morgan fingerprint density at radius 1 is 1.14 bits per heavy atom. The van der Waals surface area contributed by atoms with Crippen molar-refractivity contribution < 1.29 is 0 Å². The Morgan fingerprint density at radius 2 is 2.05 bits per heavy atom. The molecule has 3 aromatic rings. The third-order valence-electron chi connectivity index (χ3n) is 3.80. The van der Waals surface area contributed by atoms with Crippen LogP contribution in [0.4, 0.5) is 11.6 Å². The van der Waals surface area contributed by atoms with Gasteiger partial charge in [-0.1, -0.05) is 0 Å². The van der Waals surface area contributed by atoms with Gasteiger partial charge >= 0.3 is 0 Å². The molecule has 0 aliphatic carbocycles. The molecule has 112 valence electrons. The van der Waals surface area contributed by atoms with Gasteiger partial charge in [-0.25, -0.2) is 0 Å². The van der Waals surface area contributed by atoms with E-state index in [1.54, 1.807) is 10.8 Å². The minimum Gasteiger partial charge on any atom is -0.368 e. The lowest BCUT2D eigenvalue weighted by Crippen LogP contribution is -2.50. The zero-order valence-electron chi connectivity index (χ0n) is 12.2. The highest BCUT2D eigenvalue weighted by Gasteiger charge is 2.27. The van der Waals surface area contributed by atoms with E-state index in [9.17, 15) is 0 Å². The van der Waals surface area contributed by atoms with E-state index in [1.807, 2.05) is 31.2 Å². The second-order valence-corrected chi connectivity index (χ2v) is 5.54. The predicted octanol–water partition coefficient (Wildman–Crippen LogP) is 0.771. The van der Waals surface area contributed by atoms with E-state index in [0.717, 1.165) is 42.6 Å². The summed E-state index contributed by atoms with van der Waals surface area (Å²) in [5, 5.41) is 23.8. The average Bonchev–Trinajstić information content (AvgIpc) is 2.95. The SMILES string of the molecule is Cc1ccc(NCC2CN(c3ccc4nncn4n3)C2)nn1. The summed E-state index contributed by atoms with van der Waals surface area (Å²) in [6.07, 6.45) is 1.62. The van der Waals surface area contributed by atoms with Crippen molar-refractivity contribution in [2.24, 2.45) is 5.92 Å². The largest absolute Gasteiger partial charge is 0.368 e. The molecule has 4 heterocycles. The van der Waals surface area contributed by atoms with Crippen molar-refractivity contribution >= 4 is 17.3 Å². The Morgan fingerprint density at radius 3 is 2.86 bits per heavy atom. The van der Waals surface area contributed by atoms with Crippen molar-refractivity contribution in [1.29, 1.82) is 0 Å². The molecule has 0 atom stereocenters. The molecule has 0 aromatic carbocycles. The number of nitrogens with one attached hydrogen (secondary N) is 1. The van der Waals surface area contributed by atoms with Crippen LogP contribution >= 0.6 is 0 Å². The first-order valence-corrected chi connectivity index (χ1v) is 7.24. The van der Waals surface area contributed by atoms with Crippen LogP contribution in [-0.4, -0.2) is 49.6 Å². The summed E-state index contributed by atoms with van der Waals surface area (Å²) in [6, 6.07) is 7.84. The summed E-state index contributed by atoms with van der Waals surface area (Å²) >= 11 is 0. The zero-order chi connectivity index (χ0) is 14.9. The number of hydrogen-bond acceptors (Lipinski definition) is 7. The molecule has 0 radical (unpaired) electrons. The molecule has 4 rings (SSSR count). The minimum absolute atomic E-state index is 0.585. The maximum absolute atomic E-state index is 4.49. The van der Waals surface area contributed by atoms with E-state index >= 15 is 0 Å². The second kappa shape index (κ2) is 5.21. The highest BCUT2D eigenvalue weighted by Crippen LogP contribution is 2.22. The molecule has 0 spiro atoms. The molecule has 0 unspecified atom stereocenters.